The topological polar surface area (TPSA) is 37.8 Å². The fourth-order valence-corrected chi connectivity index (χ4v) is 4.42. The number of aromatic amines is 1. The van der Waals surface area contributed by atoms with E-state index < -0.39 is 0 Å². The molecule has 1 heterocycles. The first-order valence-electron chi connectivity index (χ1n) is 9.66. The monoisotopic (exact) mass is 304 g/mol. The van der Waals surface area contributed by atoms with Gasteiger partial charge in [0.25, 0.3) is 5.56 Å². The quantitative estimate of drug-likeness (QED) is 0.741. The van der Waals surface area contributed by atoms with Crippen molar-refractivity contribution in [3.63, 3.8) is 0 Å². The predicted molar refractivity (Wildman–Crippen MR) is 91.5 cm³/mol. The van der Waals surface area contributed by atoms with Gasteiger partial charge in [-0.15, -0.1) is 0 Å². The maximum absolute atomic E-state index is 12.9. The third-order valence-corrected chi connectivity index (χ3v) is 5.81. The predicted octanol–water partition coefficient (Wildman–Crippen LogP) is 5.29. The minimum Gasteiger partial charge on any atom is -0.302 e. The van der Waals surface area contributed by atoms with E-state index in [1.165, 1.54) is 89.9 Å². The highest BCUT2D eigenvalue weighted by Gasteiger charge is 2.22. The molecule has 2 fully saturated rings. The fourth-order valence-electron chi connectivity index (χ4n) is 4.42. The van der Waals surface area contributed by atoms with Gasteiger partial charge in [0.2, 0.25) is 0 Å². The molecule has 0 aliphatic heterocycles. The standard InChI is InChI=1S/C19H32N2O/c22-19-18(16-11-7-3-1-2-4-8-12-16)15-20-21(19)17-13-9-5-6-10-14-17/h15-17,20H,1-14H2. The van der Waals surface area contributed by atoms with Crippen LogP contribution in [0.15, 0.2) is 11.0 Å². The van der Waals surface area contributed by atoms with Crippen LogP contribution >= 0.6 is 0 Å². The second-order valence-electron chi connectivity index (χ2n) is 7.44. The molecule has 0 radical (unpaired) electrons. The first kappa shape index (κ1) is 15.9. The third-order valence-electron chi connectivity index (χ3n) is 5.81. The Kier molecular flexibility index (Phi) is 5.80. The van der Waals surface area contributed by atoms with Gasteiger partial charge in [0, 0.05) is 11.8 Å². The lowest BCUT2D eigenvalue weighted by Crippen LogP contribution is -2.25. The van der Waals surface area contributed by atoms with E-state index in [0.29, 0.717) is 12.0 Å². The molecule has 1 N–H and O–H groups in total. The lowest BCUT2D eigenvalue weighted by molar-refractivity contribution is 0.394. The van der Waals surface area contributed by atoms with E-state index in [1.807, 2.05) is 10.9 Å². The molecule has 124 valence electrons. The molecule has 1 aromatic rings. The Morgan fingerprint density at radius 2 is 1.27 bits per heavy atom. The summed E-state index contributed by atoms with van der Waals surface area (Å²) in [4.78, 5) is 12.9. The maximum Gasteiger partial charge on any atom is 0.270 e. The first-order valence-corrected chi connectivity index (χ1v) is 9.66. The number of H-pyrrole nitrogens is 1. The van der Waals surface area contributed by atoms with E-state index >= 15 is 0 Å². The molecular formula is C19H32N2O. The van der Waals surface area contributed by atoms with Gasteiger partial charge >= 0.3 is 0 Å². The van der Waals surface area contributed by atoms with E-state index in [2.05, 4.69) is 5.10 Å². The van der Waals surface area contributed by atoms with Gasteiger partial charge in [-0.05, 0) is 31.6 Å². The van der Waals surface area contributed by atoms with Crippen LogP contribution in [0.2, 0.25) is 0 Å². The van der Waals surface area contributed by atoms with E-state index in [-0.39, 0.29) is 5.56 Å². The highest BCUT2D eigenvalue weighted by molar-refractivity contribution is 5.12. The third kappa shape index (κ3) is 3.85. The molecule has 2 saturated carbocycles. The van der Waals surface area contributed by atoms with Crippen LogP contribution < -0.4 is 5.56 Å². The summed E-state index contributed by atoms with van der Waals surface area (Å²) in [6.07, 6.45) is 20.0. The summed E-state index contributed by atoms with van der Waals surface area (Å²) < 4.78 is 1.97. The van der Waals surface area contributed by atoms with Gasteiger partial charge < -0.3 is 5.10 Å². The van der Waals surface area contributed by atoms with Crippen molar-refractivity contribution in [3.8, 4) is 0 Å². The zero-order valence-corrected chi connectivity index (χ0v) is 14.0. The lowest BCUT2D eigenvalue weighted by Gasteiger charge is -2.15. The van der Waals surface area contributed by atoms with Crippen molar-refractivity contribution < 1.29 is 0 Å². The van der Waals surface area contributed by atoms with Crippen molar-refractivity contribution in [1.29, 1.82) is 0 Å². The van der Waals surface area contributed by atoms with Crippen molar-refractivity contribution in [1.82, 2.24) is 9.78 Å². The molecule has 0 aromatic carbocycles. The second kappa shape index (κ2) is 8.03. The summed E-state index contributed by atoms with van der Waals surface area (Å²) in [5, 5.41) is 3.32. The molecular weight excluding hydrogens is 272 g/mol. The molecule has 0 saturated heterocycles. The Morgan fingerprint density at radius 1 is 0.773 bits per heavy atom. The first-order chi connectivity index (χ1) is 10.9. The van der Waals surface area contributed by atoms with E-state index in [0.717, 1.165) is 5.56 Å². The van der Waals surface area contributed by atoms with Gasteiger partial charge in [0.15, 0.2) is 0 Å². The van der Waals surface area contributed by atoms with Crippen LogP contribution in [0, 0.1) is 0 Å². The Labute approximate surface area is 134 Å². The molecule has 0 unspecified atom stereocenters. The summed E-state index contributed by atoms with van der Waals surface area (Å²) >= 11 is 0. The molecule has 2 aliphatic carbocycles. The van der Waals surface area contributed by atoms with E-state index in [4.69, 9.17) is 0 Å². The molecule has 2 aliphatic rings. The van der Waals surface area contributed by atoms with Crippen LogP contribution in [0.25, 0.3) is 0 Å². The highest BCUT2D eigenvalue weighted by Crippen LogP contribution is 2.30. The number of nitrogens with zero attached hydrogens (tertiary/aromatic N) is 1. The molecule has 0 amide bonds. The molecule has 3 rings (SSSR count). The maximum atomic E-state index is 12.9. The average Bonchev–Trinajstić information content (AvgIpc) is 2.78. The van der Waals surface area contributed by atoms with Crippen LogP contribution in [0.3, 0.4) is 0 Å². The molecule has 3 heteroatoms. The van der Waals surface area contributed by atoms with E-state index in [9.17, 15) is 4.79 Å². The SMILES string of the molecule is O=c1c(C2CCCCCCCC2)c[nH]n1C1CCCCCC1. The van der Waals surface area contributed by atoms with Crippen molar-refractivity contribution in [3.05, 3.63) is 22.1 Å². The Balaban J connectivity index is 1.74. The molecule has 22 heavy (non-hydrogen) atoms. The van der Waals surface area contributed by atoms with Crippen molar-refractivity contribution in [2.75, 3.05) is 0 Å². The lowest BCUT2D eigenvalue weighted by atomic mass is 9.91. The van der Waals surface area contributed by atoms with Crippen LogP contribution in [-0.4, -0.2) is 9.78 Å². The minimum absolute atomic E-state index is 0.288. The smallest absolute Gasteiger partial charge is 0.270 e. The van der Waals surface area contributed by atoms with E-state index in [1.54, 1.807) is 0 Å². The van der Waals surface area contributed by atoms with Crippen molar-refractivity contribution in [2.45, 2.75) is 102 Å². The largest absolute Gasteiger partial charge is 0.302 e. The summed E-state index contributed by atoms with van der Waals surface area (Å²) in [6.45, 7) is 0. The molecule has 0 spiro atoms. The number of nitrogens with one attached hydrogen (secondary N) is 1. The molecule has 0 bridgehead atoms. The summed E-state index contributed by atoms with van der Waals surface area (Å²) in [6, 6.07) is 0.417. The number of aromatic nitrogens is 2. The number of rotatable bonds is 2. The Morgan fingerprint density at radius 3 is 1.86 bits per heavy atom. The summed E-state index contributed by atoms with van der Waals surface area (Å²) in [5.41, 5.74) is 1.36. The summed E-state index contributed by atoms with van der Waals surface area (Å²) in [5.74, 6) is 0.494. The van der Waals surface area contributed by atoms with Gasteiger partial charge in [0.05, 0.1) is 6.04 Å². The van der Waals surface area contributed by atoms with Crippen LogP contribution in [0.5, 0.6) is 0 Å². The zero-order chi connectivity index (χ0) is 15.2. The van der Waals surface area contributed by atoms with Gasteiger partial charge in [0.1, 0.15) is 0 Å². The van der Waals surface area contributed by atoms with Crippen LogP contribution in [0.1, 0.15) is 107 Å². The Bertz CT molecular complexity index is 484. The van der Waals surface area contributed by atoms with Gasteiger partial charge in [-0.2, -0.15) is 0 Å². The normalized spacial score (nSPS) is 23.5. The number of hydrogen-bond donors (Lipinski definition) is 1. The second-order valence-corrected chi connectivity index (χ2v) is 7.44. The highest BCUT2D eigenvalue weighted by atomic mass is 16.1. The van der Waals surface area contributed by atoms with Crippen LogP contribution in [0.4, 0.5) is 0 Å². The average molecular weight is 304 g/mol. The van der Waals surface area contributed by atoms with Gasteiger partial charge in [-0.1, -0.05) is 64.2 Å². The molecule has 1 aromatic heterocycles. The van der Waals surface area contributed by atoms with Crippen molar-refractivity contribution in [2.24, 2.45) is 0 Å². The molecule has 3 nitrogen and oxygen atoms in total. The minimum atomic E-state index is 0.288. The summed E-state index contributed by atoms with van der Waals surface area (Å²) in [7, 11) is 0. The van der Waals surface area contributed by atoms with Crippen LogP contribution in [-0.2, 0) is 0 Å². The number of hydrogen-bond acceptors (Lipinski definition) is 1. The fraction of sp³-hybridized carbons (Fsp3) is 0.842. The molecule has 0 atom stereocenters. The van der Waals surface area contributed by atoms with Gasteiger partial charge in [-0.25, -0.2) is 4.68 Å². The Hall–Kier alpha value is -0.990. The zero-order valence-electron chi connectivity index (χ0n) is 14.0. The van der Waals surface area contributed by atoms with Gasteiger partial charge in [-0.3, -0.25) is 4.79 Å². The van der Waals surface area contributed by atoms with Crippen molar-refractivity contribution >= 4 is 0 Å².